The number of benzene rings is 1. The maximum Gasteiger partial charge on any atom is 0.307 e. The number of aryl methyl sites for hydroxylation is 1. The van der Waals surface area contributed by atoms with Gasteiger partial charge < -0.3 is 9.67 Å². The lowest BCUT2D eigenvalue weighted by Crippen LogP contribution is -2.18. The van der Waals surface area contributed by atoms with Crippen LogP contribution in [0.15, 0.2) is 29.1 Å². The number of aliphatic carboxylic acids is 1. The number of aromatic nitrogens is 1. The minimum absolute atomic E-state index is 0.188. The zero-order valence-electron chi connectivity index (χ0n) is 9.11. The smallest absolute Gasteiger partial charge is 0.307 e. The van der Waals surface area contributed by atoms with Crippen molar-refractivity contribution in [3.8, 4) is 0 Å². The van der Waals surface area contributed by atoms with Crippen molar-refractivity contribution in [2.75, 3.05) is 0 Å². The molecule has 0 radical (unpaired) electrons. The van der Waals surface area contributed by atoms with Crippen molar-refractivity contribution >= 4 is 28.5 Å². The second-order valence-corrected chi connectivity index (χ2v) is 4.24. The Bertz CT molecular complexity index is 661. The fourth-order valence-corrected chi connectivity index (χ4v) is 1.98. The van der Waals surface area contributed by atoms with Crippen LogP contribution in [-0.4, -0.2) is 15.6 Å². The molecule has 0 aliphatic carbocycles. The van der Waals surface area contributed by atoms with Crippen molar-refractivity contribution in [1.82, 2.24) is 4.57 Å². The van der Waals surface area contributed by atoms with Gasteiger partial charge in [-0.2, -0.15) is 0 Å². The first-order valence-corrected chi connectivity index (χ1v) is 5.37. The van der Waals surface area contributed by atoms with Crippen LogP contribution >= 0.6 is 11.6 Å². The summed E-state index contributed by atoms with van der Waals surface area (Å²) in [5, 5.41) is 10.0. The van der Waals surface area contributed by atoms with Crippen LogP contribution in [0.3, 0.4) is 0 Å². The molecule has 88 valence electrons. The van der Waals surface area contributed by atoms with Crippen molar-refractivity contribution in [3.63, 3.8) is 0 Å². The van der Waals surface area contributed by atoms with E-state index in [1.807, 2.05) is 0 Å². The van der Waals surface area contributed by atoms with Crippen LogP contribution in [0, 0.1) is 0 Å². The van der Waals surface area contributed by atoms with Crippen molar-refractivity contribution in [2.45, 2.75) is 6.42 Å². The second-order valence-electron chi connectivity index (χ2n) is 3.80. The third-order valence-electron chi connectivity index (χ3n) is 2.64. The number of halogens is 1. The van der Waals surface area contributed by atoms with Gasteiger partial charge in [0.2, 0.25) is 0 Å². The zero-order valence-corrected chi connectivity index (χ0v) is 9.86. The molecule has 1 N–H and O–H groups in total. The molecule has 1 heterocycles. The fourth-order valence-electron chi connectivity index (χ4n) is 1.81. The zero-order chi connectivity index (χ0) is 12.6. The van der Waals surface area contributed by atoms with Gasteiger partial charge in [-0.05, 0) is 23.8 Å². The van der Waals surface area contributed by atoms with Gasteiger partial charge in [0.05, 0.1) is 11.9 Å². The first kappa shape index (κ1) is 11.7. The predicted molar refractivity (Wildman–Crippen MR) is 65.5 cm³/mol. The summed E-state index contributed by atoms with van der Waals surface area (Å²) >= 11 is 5.88. The SMILES string of the molecule is Cn1c(=O)cc(CC(=O)O)c2cc(Cl)ccc21. The average Bonchev–Trinajstić information content (AvgIpc) is 2.25. The Kier molecular flexibility index (Phi) is 2.90. The van der Waals surface area contributed by atoms with Crippen LogP contribution in [0.2, 0.25) is 5.02 Å². The number of fused-ring (bicyclic) bond motifs is 1. The van der Waals surface area contributed by atoms with Crippen LogP contribution in [0.4, 0.5) is 0 Å². The molecule has 0 bridgehead atoms. The molecule has 0 saturated heterocycles. The quantitative estimate of drug-likeness (QED) is 0.886. The Morgan fingerprint density at radius 1 is 1.41 bits per heavy atom. The van der Waals surface area contributed by atoms with Crippen LogP contribution < -0.4 is 5.56 Å². The van der Waals surface area contributed by atoms with Crippen molar-refractivity contribution in [2.24, 2.45) is 7.05 Å². The number of pyridine rings is 1. The van der Waals surface area contributed by atoms with Crippen LogP contribution in [-0.2, 0) is 18.3 Å². The molecule has 2 aromatic rings. The maximum absolute atomic E-state index is 11.7. The number of carboxylic acid groups (broad SMARTS) is 1. The lowest BCUT2D eigenvalue weighted by Gasteiger charge is -2.09. The van der Waals surface area contributed by atoms with E-state index in [-0.39, 0.29) is 12.0 Å². The summed E-state index contributed by atoms with van der Waals surface area (Å²) in [7, 11) is 1.64. The molecule has 0 fully saturated rings. The molecule has 0 atom stereocenters. The van der Waals surface area contributed by atoms with E-state index >= 15 is 0 Å². The molecule has 17 heavy (non-hydrogen) atoms. The van der Waals surface area contributed by atoms with E-state index < -0.39 is 5.97 Å². The van der Waals surface area contributed by atoms with Crippen molar-refractivity contribution < 1.29 is 9.90 Å². The Balaban J connectivity index is 2.82. The van der Waals surface area contributed by atoms with Crippen molar-refractivity contribution in [1.29, 1.82) is 0 Å². The van der Waals surface area contributed by atoms with E-state index in [0.717, 1.165) is 0 Å². The van der Waals surface area contributed by atoms with Crippen LogP contribution in [0.5, 0.6) is 0 Å². The van der Waals surface area contributed by atoms with E-state index in [0.29, 0.717) is 21.5 Å². The summed E-state index contributed by atoms with van der Waals surface area (Å²) in [5.74, 6) is -0.973. The molecule has 0 unspecified atom stereocenters. The standard InChI is InChI=1S/C12H10ClNO3/c1-14-10-3-2-8(13)6-9(10)7(4-11(14)15)5-12(16)17/h2-4,6H,5H2,1H3,(H,16,17). The molecular formula is C12H10ClNO3. The second kappa shape index (κ2) is 4.22. The third-order valence-corrected chi connectivity index (χ3v) is 2.87. The Morgan fingerprint density at radius 2 is 2.12 bits per heavy atom. The summed E-state index contributed by atoms with van der Waals surface area (Å²) in [5.41, 5.74) is 0.937. The molecule has 5 heteroatoms. The fraction of sp³-hybridized carbons (Fsp3) is 0.167. The van der Waals surface area contributed by atoms with Gasteiger partial charge in [-0.15, -0.1) is 0 Å². The monoisotopic (exact) mass is 251 g/mol. The largest absolute Gasteiger partial charge is 0.481 e. The number of nitrogens with zero attached hydrogens (tertiary/aromatic N) is 1. The van der Waals surface area contributed by atoms with Gasteiger partial charge in [-0.3, -0.25) is 9.59 Å². The predicted octanol–water partition coefficient (Wildman–Crippen LogP) is 1.82. The highest BCUT2D eigenvalue weighted by molar-refractivity contribution is 6.31. The highest BCUT2D eigenvalue weighted by atomic mass is 35.5. The van der Waals surface area contributed by atoms with Gasteiger partial charge in [0, 0.05) is 23.5 Å². The van der Waals surface area contributed by atoms with E-state index in [9.17, 15) is 9.59 Å². The number of carboxylic acids is 1. The Morgan fingerprint density at radius 3 is 2.76 bits per heavy atom. The van der Waals surface area contributed by atoms with Gasteiger partial charge >= 0.3 is 5.97 Å². The minimum atomic E-state index is -0.973. The van der Waals surface area contributed by atoms with Gasteiger partial charge in [0.15, 0.2) is 0 Å². The summed E-state index contributed by atoms with van der Waals surface area (Å²) in [6, 6.07) is 6.40. The lowest BCUT2D eigenvalue weighted by atomic mass is 10.1. The molecule has 0 saturated carbocycles. The molecular weight excluding hydrogens is 242 g/mol. The molecule has 1 aromatic heterocycles. The summed E-state index contributed by atoms with van der Waals surface area (Å²) < 4.78 is 1.47. The van der Waals surface area contributed by atoms with E-state index in [1.54, 1.807) is 25.2 Å². The van der Waals surface area contributed by atoms with Gasteiger partial charge in [0.1, 0.15) is 0 Å². The number of carbonyl (C=O) groups is 1. The molecule has 1 aromatic carbocycles. The third kappa shape index (κ3) is 2.17. The van der Waals surface area contributed by atoms with E-state index in [2.05, 4.69) is 0 Å². The van der Waals surface area contributed by atoms with E-state index in [4.69, 9.17) is 16.7 Å². The first-order valence-electron chi connectivity index (χ1n) is 4.99. The minimum Gasteiger partial charge on any atom is -0.481 e. The number of hydrogen-bond acceptors (Lipinski definition) is 2. The molecule has 0 amide bonds. The van der Waals surface area contributed by atoms with Gasteiger partial charge in [-0.1, -0.05) is 11.6 Å². The number of rotatable bonds is 2. The summed E-state index contributed by atoms with van der Waals surface area (Å²) in [6.45, 7) is 0. The topological polar surface area (TPSA) is 59.3 Å². The molecule has 2 rings (SSSR count). The van der Waals surface area contributed by atoms with Crippen molar-refractivity contribution in [3.05, 3.63) is 45.2 Å². The summed E-state index contributed by atoms with van der Waals surface area (Å²) in [6.07, 6.45) is -0.188. The first-order chi connectivity index (χ1) is 7.99. The normalized spacial score (nSPS) is 10.7. The molecule has 0 spiro atoms. The van der Waals surface area contributed by atoms with Gasteiger partial charge in [-0.25, -0.2) is 0 Å². The molecule has 0 aliphatic rings. The molecule has 4 nitrogen and oxygen atoms in total. The number of hydrogen-bond donors (Lipinski definition) is 1. The van der Waals surface area contributed by atoms with Gasteiger partial charge in [0.25, 0.3) is 5.56 Å². The Hall–Kier alpha value is -1.81. The van der Waals surface area contributed by atoms with Crippen LogP contribution in [0.25, 0.3) is 10.9 Å². The Labute approximate surface area is 102 Å². The van der Waals surface area contributed by atoms with E-state index in [1.165, 1.54) is 10.6 Å². The maximum atomic E-state index is 11.7. The lowest BCUT2D eigenvalue weighted by molar-refractivity contribution is -0.136. The highest BCUT2D eigenvalue weighted by Crippen LogP contribution is 2.21. The summed E-state index contributed by atoms with van der Waals surface area (Å²) in [4.78, 5) is 22.4. The average molecular weight is 252 g/mol. The van der Waals surface area contributed by atoms with Crippen LogP contribution in [0.1, 0.15) is 5.56 Å². The molecule has 0 aliphatic heterocycles. The highest BCUT2D eigenvalue weighted by Gasteiger charge is 2.10.